The lowest BCUT2D eigenvalue weighted by Crippen LogP contribution is -2.40. The molecule has 7 nitrogen and oxygen atoms in total. The van der Waals surface area contributed by atoms with Crippen molar-refractivity contribution in [3.63, 3.8) is 0 Å². The van der Waals surface area contributed by atoms with Crippen molar-refractivity contribution in [1.82, 2.24) is 5.32 Å². The molecule has 1 amide bonds. The van der Waals surface area contributed by atoms with Crippen LogP contribution in [0.15, 0.2) is 18.2 Å². The second-order valence-electron chi connectivity index (χ2n) is 5.86. The number of rotatable bonds is 8. The van der Waals surface area contributed by atoms with E-state index in [2.05, 4.69) is 5.32 Å². The molecule has 7 heteroatoms. The van der Waals surface area contributed by atoms with Crippen LogP contribution in [-0.2, 0) is 9.53 Å². The van der Waals surface area contributed by atoms with Gasteiger partial charge in [-0.3, -0.25) is 4.79 Å². The normalized spacial score (nSPS) is 19.8. The highest BCUT2D eigenvalue weighted by molar-refractivity contribution is 5.95. The Balaban J connectivity index is 2.04. The molecule has 0 aromatic heterocycles. The summed E-state index contributed by atoms with van der Waals surface area (Å²) in [6.07, 6.45) is 1.91. The molecule has 0 aliphatic carbocycles. The third kappa shape index (κ3) is 4.86. The third-order valence-corrected chi connectivity index (χ3v) is 3.78. The molecule has 132 valence electrons. The van der Waals surface area contributed by atoms with Gasteiger partial charge in [-0.1, -0.05) is 0 Å². The summed E-state index contributed by atoms with van der Waals surface area (Å²) in [6.45, 7) is 4.84. The molecule has 1 heterocycles. The van der Waals surface area contributed by atoms with Crippen LogP contribution in [0, 0.1) is 0 Å². The summed E-state index contributed by atoms with van der Waals surface area (Å²) < 4.78 is 16.2. The van der Waals surface area contributed by atoms with Crippen LogP contribution in [0.3, 0.4) is 0 Å². The third-order valence-electron chi connectivity index (χ3n) is 3.78. The van der Waals surface area contributed by atoms with Crippen molar-refractivity contribution in [2.75, 3.05) is 26.4 Å². The SMILES string of the molecule is CCOc1cc(C(=O)NCC2(C)CCCO2)ccc1OCC(=O)O. The van der Waals surface area contributed by atoms with Crippen LogP contribution in [0.5, 0.6) is 11.5 Å². The van der Waals surface area contributed by atoms with Gasteiger partial charge in [-0.05, 0) is 44.9 Å². The zero-order chi connectivity index (χ0) is 17.6. The molecule has 2 N–H and O–H groups in total. The minimum atomic E-state index is -1.08. The number of carbonyl (C=O) groups excluding carboxylic acids is 1. The minimum Gasteiger partial charge on any atom is -0.490 e. The van der Waals surface area contributed by atoms with Crippen molar-refractivity contribution in [2.45, 2.75) is 32.3 Å². The number of benzene rings is 1. The summed E-state index contributed by atoms with van der Waals surface area (Å²) in [4.78, 5) is 22.9. The van der Waals surface area contributed by atoms with E-state index >= 15 is 0 Å². The zero-order valence-corrected chi connectivity index (χ0v) is 14.0. The Labute approximate surface area is 140 Å². The maximum Gasteiger partial charge on any atom is 0.341 e. The summed E-state index contributed by atoms with van der Waals surface area (Å²) in [5, 5.41) is 11.6. The number of carbonyl (C=O) groups is 2. The van der Waals surface area contributed by atoms with Gasteiger partial charge in [-0.2, -0.15) is 0 Å². The van der Waals surface area contributed by atoms with E-state index in [1.165, 1.54) is 6.07 Å². The standard InChI is InChI=1S/C17H23NO6/c1-3-22-14-9-12(5-6-13(14)23-10-15(19)20)16(21)18-11-17(2)7-4-8-24-17/h5-6,9H,3-4,7-8,10-11H2,1-2H3,(H,18,21)(H,19,20). The number of ether oxygens (including phenoxy) is 3. The lowest BCUT2D eigenvalue weighted by molar-refractivity contribution is -0.139. The minimum absolute atomic E-state index is 0.238. The van der Waals surface area contributed by atoms with Gasteiger partial charge < -0.3 is 24.6 Å². The van der Waals surface area contributed by atoms with Gasteiger partial charge in [-0.25, -0.2) is 4.79 Å². The van der Waals surface area contributed by atoms with E-state index in [1.54, 1.807) is 19.1 Å². The topological polar surface area (TPSA) is 94.1 Å². The summed E-state index contributed by atoms with van der Waals surface area (Å²) in [7, 11) is 0. The van der Waals surface area contributed by atoms with Gasteiger partial charge in [0.25, 0.3) is 5.91 Å². The van der Waals surface area contributed by atoms with Gasteiger partial charge in [0.1, 0.15) is 0 Å². The Morgan fingerprint density at radius 1 is 1.33 bits per heavy atom. The van der Waals surface area contributed by atoms with Crippen LogP contribution < -0.4 is 14.8 Å². The maximum atomic E-state index is 12.3. The number of carboxylic acids is 1. The van der Waals surface area contributed by atoms with Crippen LogP contribution >= 0.6 is 0 Å². The van der Waals surface area contributed by atoms with E-state index in [9.17, 15) is 9.59 Å². The Morgan fingerprint density at radius 2 is 2.12 bits per heavy atom. The highest BCUT2D eigenvalue weighted by Crippen LogP contribution is 2.29. The van der Waals surface area contributed by atoms with Crippen molar-refractivity contribution in [2.24, 2.45) is 0 Å². The molecule has 1 aromatic rings. The van der Waals surface area contributed by atoms with Gasteiger partial charge in [0.2, 0.25) is 0 Å². The largest absolute Gasteiger partial charge is 0.490 e. The Hall–Kier alpha value is -2.28. The average molecular weight is 337 g/mol. The monoisotopic (exact) mass is 337 g/mol. The highest BCUT2D eigenvalue weighted by atomic mass is 16.5. The summed E-state index contributed by atoms with van der Waals surface area (Å²) in [5.74, 6) is -0.682. The molecule has 1 fully saturated rings. The summed E-state index contributed by atoms with van der Waals surface area (Å²) in [6, 6.07) is 4.66. The summed E-state index contributed by atoms with van der Waals surface area (Å²) in [5.41, 5.74) is 0.103. The first kappa shape index (κ1) is 18.1. The number of amides is 1. The molecular formula is C17H23NO6. The summed E-state index contributed by atoms with van der Waals surface area (Å²) >= 11 is 0. The van der Waals surface area contributed by atoms with Gasteiger partial charge in [0.05, 0.1) is 12.2 Å². The van der Waals surface area contributed by atoms with Crippen LogP contribution in [0.1, 0.15) is 37.0 Å². The van der Waals surface area contributed by atoms with Gasteiger partial charge in [0.15, 0.2) is 18.1 Å². The predicted octanol–water partition coefficient (Wildman–Crippen LogP) is 1.85. The molecule has 1 atom stereocenters. The molecular weight excluding hydrogens is 314 g/mol. The first-order valence-corrected chi connectivity index (χ1v) is 7.97. The van der Waals surface area contributed by atoms with E-state index in [1.807, 2.05) is 6.92 Å². The van der Waals surface area contributed by atoms with E-state index in [4.69, 9.17) is 19.3 Å². The van der Waals surface area contributed by atoms with Crippen LogP contribution in [0.25, 0.3) is 0 Å². The number of carboxylic acid groups (broad SMARTS) is 1. The van der Waals surface area contributed by atoms with Gasteiger partial charge in [0, 0.05) is 18.7 Å². The maximum absolute atomic E-state index is 12.3. The molecule has 1 aromatic carbocycles. The molecule has 1 aliphatic rings. The average Bonchev–Trinajstić information content (AvgIpc) is 2.98. The van der Waals surface area contributed by atoms with Crippen LogP contribution in [0.2, 0.25) is 0 Å². The van der Waals surface area contributed by atoms with Crippen LogP contribution in [-0.4, -0.2) is 48.9 Å². The second kappa shape index (κ2) is 8.01. The fraction of sp³-hybridized carbons (Fsp3) is 0.529. The fourth-order valence-corrected chi connectivity index (χ4v) is 2.52. The zero-order valence-electron chi connectivity index (χ0n) is 14.0. The molecule has 0 spiro atoms. The lowest BCUT2D eigenvalue weighted by Gasteiger charge is -2.23. The van der Waals surface area contributed by atoms with E-state index in [-0.39, 0.29) is 11.5 Å². The van der Waals surface area contributed by atoms with Crippen LogP contribution in [0.4, 0.5) is 0 Å². The van der Waals surface area contributed by atoms with Crippen molar-refractivity contribution < 1.29 is 28.9 Å². The Morgan fingerprint density at radius 3 is 2.75 bits per heavy atom. The van der Waals surface area contributed by atoms with Crippen molar-refractivity contribution in [1.29, 1.82) is 0 Å². The molecule has 1 aliphatic heterocycles. The van der Waals surface area contributed by atoms with Crippen molar-refractivity contribution in [3.8, 4) is 11.5 Å². The Bertz CT molecular complexity index is 595. The molecule has 1 unspecified atom stereocenters. The molecule has 24 heavy (non-hydrogen) atoms. The number of nitrogens with one attached hydrogen (secondary N) is 1. The Kier molecular flexibility index (Phi) is 6.03. The predicted molar refractivity (Wildman–Crippen MR) is 86.7 cm³/mol. The highest BCUT2D eigenvalue weighted by Gasteiger charge is 2.30. The van der Waals surface area contributed by atoms with E-state index in [0.717, 1.165) is 19.4 Å². The number of hydrogen-bond donors (Lipinski definition) is 2. The van der Waals surface area contributed by atoms with Crippen molar-refractivity contribution >= 4 is 11.9 Å². The van der Waals surface area contributed by atoms with Crippen molar-refractivity contribution in [3.05, 3.63) is 23.8 Å². The van der Waals surface area contributed by atoms with Gasteiger partial charge in [-0.15, -0.1) is 0 Å². The molecule has 0 saturated carbocycles. The molecule has 1 saturated heterocycles. The molecule has 0 bridgehead atoms. The number of hydrogen-bond acceptors (Lipinski definition) is 5. The second-order valence-corrected chi connectivity index (χ2v) is 5.86. The first-order chi connectivity index (χ1) is 11.4. The lowest BCUT2D eigenvalue weighted by atomic mass is 10.0. The quantitative estimate of drug-likeness (QED) is 0.752. The molecule has 2 rings (SSSR count). The van der Waals surface area contributed by atoms with E-state index in [0.29, 0.717) is 30.2 Å². The number of aliphatic carboxylic acids is 1. The van der Waals surface area contributed by atoms with E-state index < -0.39 is 12.6 Å². The molecule has 0 radical (unpaired) electrons. The fourth-order valence-electron chi connectivity index (χ4n) is 2.52. The first-order valence-electron chi connectivity index (χ1n) is 7.97. The van der Waals surface area contributed by atoms with Gasteiger partial charge >= 0.3 is 5.97 Å². The smallest absolute Gasteiger partial charge is 0.341 e.